The number of carbonyl (C=O) groups excluding carboxylic acids is 2. The summed E-state index contributed by atoms with van der Waals surface area (Å²) in [5, 5.41) is 5.83. The van der Waals surface area contributed by atoms with Gasteiger partial charge >= 0.3 is 0 Å². The summed E-state index contributed by atoms with van der Waals surface area (Å²) >= 11 is 0. The summed E-state index contributed by atoms with van der Waals surface area (Å²) in [5.41, 5.74) is 2.70. The zero-order chi connectivity index (χ0) is 20.1. The molecule has 6 heteroatoms. The number of hydrogen-bond donors (Lipinski definition) is 3. The first-order valence-corrected chi connectivity index (χ1v) is 9.52. The van der Waals surface area contributed by atoms with E-state index in [0.29, 0.717) is 5.82 Å². The lowest BCUT2D eigenvalue weighted by Crippen LogP contribution is -2.50. The van der Waals surface area contributed by atoms with Crippen LogP contribution in [-0.4, -0.2) is 27.8 Å². The first kappa shape index (κ1) is 19.6. The standard InChI is InChI=1S/C22H26N4O2/c1-14(2)20(26-19(27)13-16-9-5-4-6-10-16)22(28)23-15(3)21-24-17-11-7-8-12-18(17)25-21/h4-12,14-15,20H,13H2,1-3H3,(H,23,28)(H,24,25)(H,26,27). The van der Waals surface area contributed by atoms with Crippen LogP contribution in [0.1, 0.15) is 38.2 Å². The largest absolute Gasteiger partial charge is 0.345 e. The number of para-hydroxylation sites is 2. The molecular formula is C22H26N4O2. The summed E-state index contributed by atoms with van der Waals surface area (Å²) in [4.78, 5) is 33.0. The van der Waals surface area contributed by atoms with Crippen molar-refractivity contribution in [3.8, 4) is 0 Å². The summed E-state index contributed by atoms with van der Waals surface area (Å²) < 4.78 is 0. The Hall–Kier alpha value is -3.15. The van der Waals surface area contributed by atoms with Gasteiger partial charge in [0.1, 0.15) is 11.9 Å². The van der Waals surface area contributed by atoms with Crippen molar-refractivity contribution >= 4 is 22.8 Å². The summed E-state index contributed by atoms with van der Waals surface area (Å²) in [6.45, 7) is 5.70. The van der Waals surface area contributed by atoms with E-state index in [1.807, 2.05) is 75.4 Å². The molecule has 146 valence electrons. The molecule has 3 rings (SSSR count). The van der Waals surface area contributed by atoms with E-state index in [1.165, 1.54) is 0 Å². The molecule has 28 heavy (non-hydrogen) atoms. The lowest BCUT2D eigenvalue weighted by Gasteiger charge is -2.23. The van der Waals surface area contributed by atoms with Crippen LogP contribution >= 0.6 is 0 Å². The molecule has 1 aromatic heterocycles. The molecule has 0 aliphatic rings. The summed E-state index contributed by atoms with van der Waals surface area (Å²) in [5.74, 6) is 0.260. The van der Waals surface area contributed by atoms with Crippen LogP contribution in [0.15, 0.2) is 54.6 Å². The second-order valence-corrected chi connectivity index (χ2v) is 7.32. The van der Waals surface area contributed by atoms with Crippen LogP contribution in [0.25, 0.3) is 11.0 Å². The van der Waals surface area contributed by atoms with E-state index in [-0.39, 0.29) is 30.2 Å². The fraction of sp³-hybridized carbons (Fsp3) is 0.318. The summed E-state index contributed by atoms with van der Waals surface area (Å²) in [6.07, 6.45) is 0.246. The molecule has 0 radical (unpaired) electrons. The topological polar surface area (TPSA) is 86.9 Å². The zero-order valence-electron chi connectivity index (χ0n) is 16.4. The van der Waals surface area contributed by atoms with Crippen molar-refractivity contribution in [1.29, 1.82) is 0 Å². The van der Waals surface area contributed by atoms with E-state index < -0.39 is 6.04 Å². The highest BCUT2D eigenvalue weighted by atomic mass is 16.2. The van der Waals surface area contributed by atoms with Gasteiger partial charge in [-0.15, -0.1) is 0 Å². The van der Waals surface area contributed by atoms with Crippen LogP contribution in [0.5, 0.6) is 0 Å². The van der Waals surface area contributed by atoms with E-state index in [2.05, 4.69) is 20.6 Å². The predicted octanol–water partition coefficient (Wildman–Crippen LogP) is 3.12. The quantitative estimate of drug-likeness (QED) is 0.590. The van der Waals surface area contributed by atoms with Crippen molar-refractivity contribution in [1.82, 2.24) is 20.6 Å². The Morgan fingerprint density at radius 3 is 2.32 bits per heavy atom. The minimum atomic E-state index is -0.608. The van der Waals surface area contributed by atoms with Crippen LogP contribution < -0.4 is 10.6 Å². The molecule has 0 aliphatic carbocycles. The second kappa shape index (κ2) is 8.69. The van der Waals surface area contributed by atoms with Crippen molar-refractivity contribution in [2.24, 2.45) is 5.92 Å². The molecule has 0 spiro atoms. The normalized spacial score (nSPS) is 13.3. The Morgan fingerprint density at radius 2 is 1.64 bits per heavy atom. The van der Waals surface area contributed by atoms with Gasteiger partial charge in [-0.1, -0.05) is 56.3 Å². The SMILES string of the molecule is CC(NC(=O)C(NC(=O)Cc1ccccc1)C(C)C)c1nc2ccccc2[nH]1. The number of aromatic nitrogens is 2. The van der Waals surface area contributed by atoms with Crippen molar-refractivity contribution < 1.29 is 9.59 Å². The van der Waals surface area contributed by atoms with Crippen LogP contribution in [0.4, 0.5) is 0 Å². The third kappa shape index (κ3) is 4.76. The van der Waals surface area contributed by atoms with E-state index in [0.717, 1.165) is 16.6 Å². The molecule has 0 aliphatic heterocycles. The maximum Gasteiger partial charge on any atom is 0.243 e. The molecule has 3 N–H and O–H groups in total. The van der Waals surface area contributed by atoms with E-state index in [1.54, 1.807) is 0 Å². The molecule has 6 nitrogen and oxygen atoms in total. The van der Waals surface area contributed by atoms with Gasteiger partial charge in [-0.2, -0.15) is 0 Å². The first-order valence-electron chi connectivity index (χ1n) is 9.52. The number of carbonyl (C=O) groups is 2. The minimum Gasteiger partial charge on any atom is -0.345 e. The molecule has 0 saturated heterocycles. The van der Waals surface area contributed by atoms with E-state index >= 15 is 0 Å². The van der Waals surface area contributed by atoms with Gasteiger partial charge in [-0.25, -0.2) is 4.98 Å². The Morgan fingerprint density at radius 1 is 0.964 bits per heavy atom. The highest BCUT2D eigenvalue weighted by Gasteiger charge is 2.26. The van der Waals surface area contributed by atoms with Gasteiger partial charge in [-0.3, -0.25) is 9.59 Å². The Balaban J connectivity index is 1.64. The number of rotatable bonds is 7. The Labute approximate surface area is 164 Å². The van der Waals surface area contributed by atoms with Crippen molar-refractivity contribution in [2.45, 2.75) is 39.3 Å². The average Bonchev–Trinajstić information content (AvgIpc) is 3.11. The van der Waals surface area contributed by atoms with Crippen LogP contribution in [0.2, 0.25) is 0 Å². The number of H-pyrrole nitrogens is 1. The van der Waals surface area contributed by atoms with Gasteiger partial charge < -0.3 is 15.6 Å². The van der Waals surface area contributed by atoms with Gasteiger partial charge in [0.05, 0.1) is 23.5 Å². The number of imidazole rings is 1. The highest BCUT2D eigenvalue weighted by molar-refractivity contribution is 5.88. The summed E-state index contributed by atoms with van der Waals surface area (Å²) in [7, 11) is 0. The number of benzene rings is 2. The smallest absolute Gasteiger partial charge is 0.243 e. The van der Waals surface area contributed by atoms with Gasteiger partial charge in [-0.05, 0) is 30.5 Å². The van der Waals surface area contributed by atoms with Gasteiger partial charge in [0.2, 0.25) is 11.8 Å². The fourth-order valence-electron chi connectivity index (χ4n) is 3.09. The first-order chi connectivity index (χ1) is 13.4. The van der Waals surface area contributed by atoms with Crippen LogP contribution in [0, 0.1) is 5.92 Å². The highest BCUT2D eigenvalue weighted by Crippen LogP contribution is 2.16. The van der Waals surface area contributed by atoms with E-state index in [9.17, 15) is 9.59 Å². The molecule has 2 unspecified atom stereocenters. The van der Waals surface area contributed by atoms with Crippen molar-refractivity contribution in [3.05, 3.63) is 66.0 Å². The molecule has 2 amide bonds. The molecule has 2 aromatic carbocycles. The molecule has 2 atom stereocenters. The minimum absolute atomic E-state index is 0.0393. The molecule has 1 heterocycles. The van der Waals surface area contributed by atoms with E-state index in [4.69, 9.17) is 0 Å². The maximum atomic E-state index is 12.8. The molecule has 0 bridgehead atoms. The monoisotopic (exact) mass is 378 g/mol. The molecule has 3 aromatic rings. The van der Waals surface area contributed by atoms with Crippen LogP contribution in [0.3, 0.4) is 0 Å². The third-order valence-electron chi connectivity index (χ3n) is 4.65. The number of nitrogens with zero attached hydrogens (tertiary/aromatic N) is 1. The number of aromatic amines is 1. The number of fused-ring (bicyclic) bond motifs is 1. The number of amides is 2. The van der Waals surface area contributed by atoms with Gasteiger partial charge in [0, 0.05) is 0 Å². The second-order valence-electron chi connectivity index (χ2n) is 7.32. The Bertz CT molecular complexity index is 916. The van der Waals surface area contributed by atoms with Crippen molar-refractivity contribution in [2.75, 3.05) is 0 Å². The van der Waals surface area contributed by atoms with Gasteiger partial charge in [0.25, 0.3) is 0 Å². The predicted molar refractivity (Wildman–Crippen MR) is 110 cm³/mol. The number of hydrogen-bond acceptors (Lipinski definition) is 3. The Kier molecular flexibility index (Phi) is 6.09. The maximum absolute atomic E-state index is 12.8. The zero-order valence-corrected chi connectivity index (χ0v) is 16.4. The average molecular weight is 378 g/mol. The number of nitrogens with one attached hydrogen (secondary N) is 3. The lowest BCUT2D eigenvalue weighted by atomic mass is 10.0. The fourth-order valence-corrected chi connectivity index (χ4v) is 3.09. The lowest BCUT2D eigenvalue weighted by molar-refractivity contribution is -0.130. The molecule has 0 saturated carbocycles. The molecular weight excluding hydrogens is 352 g/mol. The molecule has 0 fully saturated rings. The summed E-state index contributed by atoms with van der Waals surface area (Å²) in [6, 6.07) is 16.3. The van der Waals surface area contributed by atoms with Crippen molar-refractivity contribution in [3.63, 3.8) is 0 Å². The van der Waals surface area contributed by atoms with Crippen LogP contribution in [-0.2, 0) is 16.0 Å². The third-order valence-corrected chi connectivity index (χ3v) is 4.65. The van der Waals surface area contributed by atoms with Gasteiger partial charge in [0.15, 0.2) is 0 Å².